The molecule has 106 valence electrons. The highest BCUT2D eigenvalue weighted by Gasteiger charge is 2.33. The minimum absolute atomic E-state index is 0.198. The molecule has 0 aliphatic rings. The predicted molar refractivity (Wildman–Crippen MR) is 65.1 cm³/mol. The van der Waals surface area contributed by atoms with E-state index in [1.165, 1.54) is 4.90 Å². The summed E-state index contributed by atoms with van der Waals surface area (Å²) in [5.74, 6) is 0. The monoisotopic (exact) mass is 265 g/mol. The summed E-state index contributed by atoms with van der Waals surface area (Å²) in [5.41, 5.74) is -0.770. The predicted octanol–water partition coefficient (Wildman–Crippen LogP) is 2.54. The molecule has 0 radical (unpaired) electrons. The van der Waals surface area contributed by atoms with Crippen LogP contribution in [0.5, 0.6) is 0 Å². The van der Waals surface area contributed by atoms with Gasteiger partial charge in [0.1, 0.15) is 5.54 Å². The van der Waals surface area contributed by atoms with Crippen LogP contribution in [0.25, 0.3) is 0 Å². The van der Waals surface area contributed by atoms with Gasteiger partial charge in [-0.05, 0) is 33.7 Å². The summed E-state index contributed by atoms with van der Waals surface area (Å²) in [6.07, 6.45) is -3.84. The molecule has 3 nitrogen and oxygen atoms in total. The van der Waals surface area contributed by atoms with Crippen molar-refractivity contribution in [2.24, 2.45) is 0 Å². The third kappa shape index (κ3) is 6.82. The highest BCUT2D eigenvalue weighted by molar-refractivity contribution is 5.03. The Hall–Kier alpha value is -0.800. The Bertz CT molecular complexity index is 283. The van der Waals surface area contributed by atoms with Crippen LogP contribution >= 0.6 is 0 Å². The van der Waals surface area contributed by atoms with Gasteiger partial charge in [0.25, 0.3) is 0 Å². The molecule has 18 heavy (non-hydrogen) atoms. The molecule has 0 rings (SSSR count). The fourth-order valence-corrected chi connectivity index (χ4v) is 1.69. The highest BCUT2D eigenvalue weighted by Crippen LogP contribution is 2.19. The molecule has 0 aliphatic carbocycles. The standard InChI is InChI=1S/C12H22F3N3/c1-5-17-11(4,8-16)6-7-18(10(2)3)9-12(13,14)15/h10,17H,5-7,9H2,1-4H3. The van der Waals surface area contributed by atoms with Crippen molar-refractivity contribution in [2.45, 2.75) is 51.9 Å². The van der Waals surface area contributed by atoms with Gasteiger partial charge >= 0.3 is 6.18 Å². The van der Waals surface area contributed by atoms with Crippen molar-refractivity contribution < 1.29 is 13.2 Å². The lowest BCUT2D eigenvalue weighted by Crippen LogP contribution is -2.46. The molecule has 0 spiro atoms. The van der Waals surface area contributed by atoms with Gasteiger partial charge in [-0.2, -0.15) is 18.4 Å². The van der Waals surface area contributed by atoms with Crippen LogP contribution in [-0.4, -0.2) is 42.3 Å². The zero-order valence-corrected chi connectivity index (χ0v) is 11.4. The molecule has 0 aliphatic heterocycles. The number of alkyl halides is 3. The SMILES string of the molecule is CCNC(C)(C#N)CCN(CC(F)(F)F)C(C)C. The van der Waals surface area contributed by atoms with Crippen LogP contribution in [-0.2, 0) is 0 Å². The third-order valence-corrected chi connectivity index (χ3v) is 2.83. The number of hydrogen-bond acceptors (Lipinski definition) is 3. The molecule has 0 saturated carbocycles. The molecule has 1 atom stereocenters. The van der Waals surface area contributed by atoms with Crippen molar-refractivity contribution >= 4 is 0 Å². The largest absolute Gasteiger partial charge is 0.401 e. The fourth-order valence-electron chi connectivity index (χ4n) is 1.69. The van der Waals surface area contributed by atoms with Crippen LogP contribution in [0.15, 0.2) is 0 Å². The summed E-state index contributed by atoms with van der Waals surface area (Å²) in [5, 5.41) is 12.0. The smallest absolute Gasteiger partial charge is 0.300 e. The average Bonchev–Trinajstić information content (AvgIpc) is 2.23. The van der Waals surface area contributed by atoms with E-state index < -0.39 is 18.3 Å². The van der Waals surface area contributed by atoms with Gasteiger partial charge in [0, 0.05) is 12.6 Å². The van der Waals surface area contributed by atoms with Gasteiger partial charge in [0.05, 0.1) is 12.6 Å². The second-order valence-corrected chi connectivity index (χ2v) is 4.90. The van der Waals surface area contributed by atoms with Crippen molar-refractivity contribution in [2.75, 3.05) is 19.6 Å². The van der Waals surface area contributed by atoms with E-state index in [4.69, 9.17) is 5.26 Å². The van der Waals surface area contributed by atoms with Crippen molar-refractivity contribution in [3.05, 3.63) is 0 Å². The fraction of sp³-hybridized carbons (Fsp3) is 0.917. The Morgan fingerprint density at radius 1 is 1.33 bits per heavy atom. The van der Waals surface area contributed by atoms with Crippen molar-refractivity contribution in [3.8, 4) is 6.07 Å². The van der Waals surface area contributed by atoms with Crippen molar-refractivity contribution in [1.29, 1.82) is 5.26 Å². The lowest BCUT2D eigenvalue weighted by Gasteiger charge is -2.31. The lowest BCUT2D eigenvalue weighted by molar-refractivity contribution is -0.150. The van der Waals surface area contributed by atoms with E-state index in [0.29, 0.717) is 13.0 Å². The summed E-state index contributed by atoms with van der Waals surface area (Å²) in [6.45, 7) is 6.96. The summed E-state index contributed by atoms with van der Waals surface area (Å²) >= 11 is 0. The van der Waals surface area contributed by atoms with E-state index >= 15 is 0 Å². The lowest BCUT2D eigenvalue weighted by atomic mass is 9.99. The third-order valence-electron chi connectivity index (χ3n) is 2.83. The highest BCUT2D eigenvalue weighted by atomic mass is 19.4. The Morgan fingerprint density at radius 3 is 2.22 bits per heavy atom. The molecule has 0 bridgehead atoms. The molecule has 6 heteroatoms. The van der Waals surface area contributed by atoms with Gasteiger partial charge in [-0.1, -0.05) is 6.92 Å². The summed E-state index contributed by atoms with van der Waals surface area (Å²) < 4.78 is 37.2. The van der Waals surface area contributed by atoms with E-state index in [1.807, 2.05) is 6.92 Å². The Kier molecular flexibility index (Phi) is 6.64. The maximum Gasteiger partial charge on any atom is 0.401 e. The van der Waals surface area contributed by atoms with Crippen molar-refractivity contribution in [1.82, 2.24) is 10.2 Å². The van der Waals surface area contributed by atoms with Crippen molar-refractivity contribution in [3.63, 3.8) is 0 Å². The number of nitrogens with zero attached hydrogens (tertiary/aromatic N) is 2. The maximum absolute atomic E-state index is 12.4. The van der Waals surface area contributed by atoms with E-state index in [9.17, 15) is 13.2 Å². The first kappa shape index (κ1) is 17.2. The second kappa shape index (κ2) is 6.95. The number of nitriles is 1. The molecule has 0 aromatic carbocycles. The molecule has 1 N–H and O–H groups in total. The molecule has 0 heterocycles. The van der Waals surface area contributed by atoms with Crippen LogP contribution in [0.4, 0.5) is 13.2 Å². The zero-order chi connectivity index (χ0) is 14.4. The van der Waals surface area contributed by atoms with Gasteiger partial charge in [-0.15, -0.1) is 0 Å². The van der Waals surface area contributed by atoms with Crippen LogP contribution in [0, 0.1) is 11.3 Å². The number of hydrogen-bond donors (Lipinski definition) is 1. The number of rotatable bonds is 7. The summed E-state index contributed by atoms with van der Waals surface area (Å²) in [7, 11) is 0. The molecule has 0 saturated heterocycles. The molecular weight excluding hydrogens is 243 g/mol. The first-order valence-corrected chi connectivity index (χ1v) is 6.10. The Morgan fingerprint density at radius 2 is 1.89 bits per heavy atom. The molecule has 0 fully saturated rings. The minimum Gasteiger partial charge on any atom is -0.300 e. The number of nitrogens with one attached hydrogen (secondary N) is 1. The Balaban J connectivity index is 4.49. The molecule has 0 aromatic rings. The topological polar surface area (TPSA) is 39.1 Å². The molecule has 0 amide bonds. The first-order valence-electron chi connectivity index (χ1n) is 6.10. The second-order valence-electron chi connectivity index (χ2n) is 4.90. The van der Waals surface area contributed by atoms with Gasteiger partial charge in [0.15, 0.2) is 0 Å². The molecular formula is C12H22F3N3. The normalized spacial score (nSPS) is 15.8. The van der Waals surface area contributed by atoms with E-state index in [0.717, 1.165) is 0 Å². The number of halogens is 3. The summed E-state index contributed by atoms with van der Waals surface area (Å²) in [4.78, 5) is 1.34. The minimum atomic E-state index is -4.20. The van der Waals surface area contributed by atoms with Gasteiger partial charge < -0.3 is 0 Å². The maximum atomic E-state index is 12.4. The van der Waals surface area contributed by atoms with Crippen LogP contribution in [0.2, 0.25) is 0 Å². The zero-order valence-electron chi connectivity index (χ0n) is 11.4. The van der Waals surface area contributed by atoms with Gasteiger partial charge in [-0.25, -0.2) is 0 Å². The molecule has 0 aromatic heterocycles. The van der Waals surface area contributed by atoms with E-state index in [1.54, 1.807) is 20.8 Å². The first-order chi connectivity index (χ1) is 8.13. The van der Waals surface area contributed by atoms with Crippen LogP contribution in [0.3, 0.4) is 0 Å². The quantitative estimate of drug-likeness (QED) is 0.769. The van der Waals surface area contributed by atoms with E-state index in [2.05, 4.69) is 11.4 Å². The van der Waals surface area contributed by atoms with Crippen LogP contribution < -0.4 is 5.32 Å². The molecule has 1 unspecified atom stereocenters. The average molecular weight is 265 g/mol. The summed E-state index contributed by atoms with van der Waals surface area (Å²) in [6, 6.07) is 1.92. The van der Waals surface area contributed by atoms with E-state index in [-0.39, 0.29) is 12.6 Å². The van der Waals surface area contributed by atoms with Gasteiger partial charge in [0.2, 0.25) is 0 Å². The van der Waals surface area contributed by atoms with Crippen LogP contribution in [0.1, 0.15) is 34.1 Å². The Labute approximate surface area is 107 Å². The van der Waals surface area contributed by atoms with Gasteiger partial charge in [-0.3, -0.25) is 10.2 Å².